The predicted octanol–water partition coefficient (Wildman–Crippen LogP) is 4.40. The number of hydrogen-bond acceptors (Lipinski definition) is 4. The lowest BCUT2D eigenvalue weighted by atomic mass is 10.0. The maximum Gasteiger partial charge on any atom is 0.223 e. The zero-order valence-corrected chi connectivity index (χ0v) is 16.1. The Kier molecular flexibility index (Phi) is 6.36. The summed E-state index contributed by atoms with van der Waals surface area (Å²) in [4.78, 5) is 20.9. The third-order valence-electron chi connectivity index (χ3n) is 4.06. The zero-order chi connectivity index (χ0) is 18.4. The van der Waals surface area contributed by atoms with Crippen LogP contribution >= 0.6 is 22.9 Å². The Morgan fingerprint density at radius 1 is 1.19 bits per heavy atom. The highest BCUT2D eigenvalue weighted by molar-refractivity contribution is 7.13. The quantitative estimate of drug-likeness (QED) is 0.656. The van der Waals surface area contributed by atoms with Crippen LogP contribution in [0, 0.1) is 5.92 Å². The van der Waals surface area contributed by atoms with Crippen molar-refractivity contribution in [2.24, 2.45) is 5.92 Å². The average Bonchev–Trinajstić information content (AvgIpc) is 3.13. The van der Waals surface area contributed by atoms with E-state index in [0.717, 1.165) is 28.2 Å². The van der Waals surface area contributed by atoms with Gasteiger partial charge in [0.2, 0.25) is 5.91 Å². The van der Waals surface area contributed by atoms with Crippen LogP contribution in [0.1, 0.15) is 18.2 Å². The topological polar surface area (TPSA) is 54.9 Å². The molecule has 0 aliphatic carbocycles. The number of benzene rings is 1. The maximum atomic E-state index is 12.3. The van der Waals surface area contributed by atoms with Gasteiger partial charge in [-0.25, -0.2) is 4.98 Å². The first-order valence-corrected chi connectivity index (χ1v) is 9.74. The van der Waals surface area contributed by atoms with Gasteiger partial charge in [-0.05, 0) is 36.2 Å². The molecule has 0 bridgehead atoms. The molecule has 2 heterocycles. The molecular formula is C20H20ClN3OS. The molecule has 4 nitrogen and oxygen atoms in total. The number of thiazole rings is 1. The molecule has 0 radical (unpaired) electrons. The Bertz CT molecular complexity index is 849. The second kappa shape index (κ2) is 8.92. The lowest BCUT2D eigenvalue weighted by molar-refractivity contribution is -0.124. The van der Waals surface area contributed by atoms with Crippen LogP contribution in [0.5, 0.6) is 0 Å². The minimum absolute atomic E-state index is 0.0598. The van der Waals surface area contributed by atoms with Gasteiger partial charge in [0.1, 0.15) is 5.01 Å². The summed E-state index contributed by atoms with van der Waals surface area (Å²) in [6.45, 7) is 2.53. The highest BCUT2D eigenvalue weighted by atomic mass is 35.5. The molecule has 0 saturated carbocycles. The van der Waals surface area contributed by atoms with Crippen molar-refractivity contribution in [1.29, 1.82) is 0 Å². The fraction of sp³-hybridized carbons (Fsp3) is 0.250. The van der Waals surface area contributed by atoms with Crippen molar-refractivity contribution in [1.82, 2.24) is 15.3 Å². The smallest absolute Gasteiger partial charge is 0.223 e. The molecule has 0 spiro atoms. The molecule has 1 unspecified atom stereocenters. The van der Waals surface area contributed by atoms with Crippen LogP contribution in [0.2, 0.25) is 5.02 Å². The third-order valence-corrected chi connectivity index (χ3v) is 5.25. The minimum Gasteiger partial charge on any atom is -0.355 e. The first-order chi connectivity index (χ1) is 12.6. The molecule has 0 fully saturated rings. The van der Waals surface area contributed by atoms with Crippen molar-refractivity contribution < 1.29 is 4.79 Å². The van der Waals surface area contributed by atoms with E-state index in [2.05, 4.69) is 15.3 Å². The number of nitrogens with zero attached hydrogens (tertiary/aromatic N) is 2. The van der Waals surface area contributed by atoms with Crippen molar-refractivity contribution in [3.63, 3.8) is 0 Å². The molecular weight excluding hydrogens is 366 g/mol. The van der Waals surface area contributed by atoms with Gasteiger partial charge in [0.15, 0.2) is 0 Å². The summed E-state index contributed by atoms with van der Waals surface area (Å²) in [5.74, 6) is -0.0245. The Morgan fingerprint density at radius 3 is 2.65 bits per heavy atom. The van der Waals surface area contributed by atoms with Crippen molar-refractivity contribution >= 4 is 28.8 Å². The summed E-state index contributed by atoms with van der Waals surface area (Å²) in [6, 6.07) is 11.5. The van der Waals surface area contributed by atoms with Crippen LogP contribution in [0.25, 0.3) is 10.6 Å². The van der Waals surface area contributed by atoms with E-state index in [1.54, 1.807) is 23.7 Å². The highest BCUT2D eigenvalue weighted by Crippen LogP contribution is 2.22. The van der Waals surface area contributed by atoms with Gasteiger partial charge in [0, 0.05) is 47.2 Å². The van der Waals surface area contributed by atoms with Gasteiger partial charge in [0.05, 0.1) is 5.69 Å². The molecule has 0 saturated heterocycles. The molecule has 1 aromatic carbocycles. The van der Waals surface area contributed by atoms with Crippen molar-refractivity contribution in [3.05, 3.63) is 70.5 Å². The van der Waals surface area contributed by atoms with Crippen molar-refractivity contribution in [2.75, 3.05) is 6.54 Å². The number of pyridine rings is 1. The highest BCUT2D eigenvalue weighted by Gasteiger charge is 2.13. The van der Waals surface area contributed by atoms with E-state index >= 15 is 0 Å². The molecule has 1 N–H and O–H groups in total. The monoisotopic (exact) mass is 385 g/mol. The van der Waals surface area contributed by atoms with Gasteiger partial charge in [-0.15, -0.1) is 11.3 Å². The molecule has 134 valence electrons. The molecule has 0 aliphatic heterocycles. The summed E-state index contributed by atoms with van der Waals surface area (Å²) >= 11 is 7.50. The minimum atomic E-state index is -0.0843. The Hall–Kier alpha value is -2.24. The summed E-state index contributed by atoms with van der Waals surface area (Å²) in [5, 5.41) is 6.73. The molecule has 6 heteroatoms. The number of aromatic nitrogens is 2. The zero-order valence-electron chi connectivity index (χ0n) is 14.5. The molecule has 2 aromatic heterocycles. The van der Waals surface area contributed by atoms with E-state index < -0.39 is 0 Å². The summed E-state index contributed by atoms with van der Waals surface area (Å²) in [5.41, 5.74) is 3.17. The van der Waals surface area contributed by atoms with Crippen LogP contribution in [0.4, 0.5) is 0 Å². The number of carbonyl (C=O) groups excluding carboxylic acids is 1. The normalized spacial score (nSPS) is 11.9. The van der Waals surface area contributed by atoms with Crippen LogP contribution < -0.4 is 5.32 Å². The number of nitrogens with one attached hydrogen (secondary N) is 1. The molecule has 1 amide bonds. The Morgan fingerprint density at radius 2 is 1.92 bits per heavy atom. The first kappa shape index (κ1) is 18.5. The van der Waals surface area contributed by atoms with E-state index in [0.29, 0.717) is 18.0 Å². The fourth-order valence-corrected chi connectivity index (χ4v) is 3.59. The van der Waals surface area contributed by atoms with Crippen molar-refractivity contribution in [2.45, 2.75) is 19.8 Å². The van der Waals surface area contributed by atoms with Gasteiger partial charge in [-0.1, -0.05) is 30.7 Å². The van der Waals surface area contributed by atoms with E-state index in [-0.39, 0.29) is 11.8 Å². The summed E-state index contributed by atoms with van der Waals surface area (Å²) in [6.07, 6.45) is 4.95. The molecule has 3 rings (SSSR count). The molecule has 1 atom stereocenters. The molecule has 0 aliphatic rings. The predicted molar refractivity (Wildman–Crippen MR) is 106 cm³/mol. The van der Waals surface area contributed by atoms with Gasteiger partial charge in [-0.3, -0.25) is 9.78 Å². The number of rotatable bonds is 7. The van der Waals surface area contributed by atoms with Crippen LogP contribution in [-0.2, 0) is 17.6 Å². The number of amides is 1. The standard InChI is InChI=1S/C20H20ClN3OS/c1-14(12-15-2-4-17(21)5-3-15)19(25)23-11-8-18-13-26-20(24-18)16-6-9-22-10-7-16/h2-7,9-10,13-14H,8,11-12H2,1H3,(H,23,25). The van der Waals surface area contributed by atoms with E-state index in [1.165, 1.54) is 0 Å². The van der Waals surface area contributed by atoms with Gasteiger partial charge >= 0.3 is 0 Å². The van der Waals surface area contributed by atoms with Gasteiger partial charge < -0.3 is 5.32 Å². The largest absolute Gasteiger partial charge is 0.355 e. The summed E-state index contributed by atoms with van der Waals surface area (Å²) in [7, 11) is 0. The van der Waals surface area contributed by atoms with E-state index in [1.807, 2.05) is 48.7 Å². The Balaban J connectivity index is 1.46. The second-order valence-corrected chi connectivity index (χ2v) is 7.45. The van der Waals surface area contributed by atoms with Gasteiger partial charge in [0.25, 0.3) is 0 Å². The van der Waals surface area contributed by atoms with E-state index in [4.69, 9.17) is 11.6 Å². The average molecular weight is 386 g/mol. The lowest BCUT2D eigenvalue weighted by Gasteiger charge is -2.12. The lowest BCUT2D eigenvalue weighted by Crippen LogP contribution is -2.31. The Labute approximate surface area is 162 Å². The summed E-state index contributed by atoms with van der Waals surface area (Å²) < 4.78 is 0. The van der Waals surface area contributed by atoms with E-state index in [9.17, 15) is 4.79 Å². The van der Waals surface area contributed by atoms with Crippen LogP contribution in [-0.4, -0.2) is 22.4 Å². The fourth-order valence-electron chi connectivity index (χ4n) is 2.60. The van der Waals surface area contributed by atoms with Crippen LogP contribution in [0.3, 0.4) is 0 Å². The molecule has 3 aromatic rings. The molecule has 26 heavy (non-hydrogen) atoms. The maximum absolute atomic E-state index is 12.3. The van der Waals surface area contributed by atoms with Crippen LogP contribution in [0.15, 0.2) is 54.2 Å². The third kappa shape index (κ3) is 5.13. The first-order valence-electron chi connectivity index (χ1n) is 8.49. The number of hydrogen-bond donors (Lipinski definition) is 1. The SMILES string of the molecule is CC(Cc1ccc(Cl)cc1)C(=O)NCCc1csc(-c2ccncc2)n1. The number of halogens is 1. The van der Waals surface area contributed by atoms with Gasteiger partial charge in [-0.2, -0.15) is 0 Å². The number of carbonyl (C=O) groups is 1. The second-order valence-electron chi connectivity index (χ2n) is 6.15. The van der Waals surface area contributed by atoms with Crippen molar-refractivity contribution in [3.8, 4) is 10.6 Å².